The van der Waals surface area contributed by atoms with Crippen LogP contribution in [0.2, 0.25) is 0 Å². The summed E-state index contributed by atoms with van der Waals surface area (Å²) in [5.41, 5.74) is 0.709. The van der Waals surface area contributed by atoms with Crippen LogP contribution in [0.3, 0.4) is 0 Å². The number of imidazole rings is 1. The molecule has 2 aromatic rings. The summed E-state index contributed by atoms with van der Waals surface area (Å²) in [7, 11) is 0. The molecule has 6 nitrogen and oxygen atoms in total. The molecule has 0 radical (unpaired) electrons. The molecule has 18 heavy (non-hydrogen) atoms. The van der Waals surface area contributed by atoms with Gasteiger partial charge in [-0.15, -0.1) is 4.52 Å². The highest BCUT2D eigenvalue weighted by Crippen LogP contribution is 2.38. The van der Waals surface area contributed by atoms with Gasteiger partial charge in [0.1, 0.15) is 11.2 Å². The molecular weight excluding hydrogens is 228 g/mol. The highest BCUT2D eigenvalue weighted by atomic mass is 15.3. The Labute approximate surface area is 103 Å². The second-order valence-corrected chi connectivity index (χ2v) is 4.16. The maximum Gasteiger partial charge on any atom is 0.275 e. The summed E-state index contributed by atoms with van der Waals surface area (Å²) in [6.45, 7) is 7.00. The lowest BCUT2D eigenvalue weighted by Crippen LogP contribution is -2.02. The number of hydrogen-bond acceptors (Lipinski definition) is 4. The summed E-state index contributed by atoms with van der Waals surface area (Å²) in [6.07, 6.45) is 4.68. The van der Waals surface area contributed by atoms with E-state index in [2.05, 4.69) is 26.0 Å². The van der Waals surface area contributed by atoms with Crippen LogP contribution in [-0.2, 0) is 0 Å². The number of aliphatic imine (C=N–C) groups is 1. The van der Waals surface area contributed by atoms with Gasteiger partial charge in [-0.3, -0.25) is 4.99 Å². The molecule has 1 aliphatic rings. The Balaban J connectivity index is 1.99. The Morgan fingerprint density at radius 3 is 3.06 bits per heavy atom. The molecule has 2 heterocycles. The summed E-state index contributed by atoms with van der Waals surface area (Å²) in [5.74, 6) is 0.363. The van der Waals surface area contributed by atoms with E-state index in [4.69, 9.17) is 11.8 Å². The smallest absolute Gasteiger partial charge is 0.275 e. The lowest BCUT2D eigenvalue weighted by atomic mass is 10.3. The quantitative estimate of drug-likeness (QED) is 0.589. The third-order valence-electron chi connectivity index (χ3n) is 2.86. The van der Waals surface area contributed by atoms with E-state index in [9.17, 15) is 0 Å². The number of hydrogen-bond donors (Lipinski definition) is 0. The Kier molecular flexibility index (Phi) is 2.11. The van der Waals surface area contributed by atoms with Gasteiger partial charge in [-0.1, -0.05) is 11.7 Å². The van der Waals surface area contributed by atoms with Crippen molar-refractivity contribution in [1.82, 2.24) is 14.6 Å². The first-order valence-corrected chi connectivity index (χ1v) is 5.45. The third-order valence-corrected chi connectivity index (χ3v) is 2.86. The Morgan fingerprint density at radius 2 is 2.39 bits per heavy atom. The van der Waals surface area contributed by atoms with Crippen LogP contribution in [0.25, 0.3) is 10.5 Å². The van der Waals surface area contributed by atoms with E-state index in [0.29, 0.717) is 17.2 Å². The lowest BCUT2D eigenvalue weighted by molar-refractivity contribution is 0.874. The molecule has 0 saturated heterocycles. The van der Waals surface area contributed by atoms with Crippen molar-refractivity contribution in [3.8, 4) is 6.07 Å². The molecule has 1 saturated carbocycles. The largest absolute Gasteiger partial charge is 0.360 e. The zero-order valence-electron chi connectivity index (χ0n) is 9.41. The average Bonchev–Trinajstić information content (AvgIpc) is 3.09. The van der Waals surface area contributed by atoms with Crippen LogP contribution in [0.4, 0.5) is 5.82 Å². The van der Waals surface area contributed by atoms with Crippen LogP contribution in [-0.4, -0.2) is 26.4 Å². The zero-order valence-corrected chi connectivity index (χ0v) is 9.41. The maximum absolute atomic E-state index is 8.92. The topological polar surface area (TPSA) is 70.7 Å². The summed E-state index contributed by atoms with van der Waals surface area (Å²) in [4.78, 5) is 11.6. The number of aromatic nitrogens is 3. The van der Waals surface area contributed by atoms with E-state index in [1.165, 1.54) is 10.7 Å². The fourth-order valence-corrected chi connectivity index (χ4v) is 1.60. The monoisotopic (exact) mass is 236 g/mol. The molecule has 0 spiro atoms. The number of fused-ring (bicyclic) bond motifs is 1. The molecule has 1 aliphatic carbocycles. The van der Waals surface area contributed by atoms with Crippen LogP contribution in [0.1, 0.15) is 18.5 Å². The minimum atomic E-state index is -0.534. The predicted octanol–water partition coefficient (Wildman–Crippen LogP) is 1.76. The van der Waals surface area contributed by atoms with Gasteiger partial charge in [-0.05, 0) is 18.9 Å². The minimum absolute atomic E-state index is 0.363. The van der Waals surface area contributed by atoms with Crippen LogP contribution < -0.4 is 0 Å². The Bertz CT molecular complexity index is 723. The summed E-state index contributed by atoms with van der Waals surface area (Å²) in [6, 6.07) is 5.73. The van der Waals surface area contributed by atoms with Gasteiger partial charge >= 0.3 is 0 Å². The van der Waals surface area contributed by atoms with Crippen molar-refractivity contribution in [3.63, 3.8) is 0 Å². The highest BCUT2D eigenvalue weighted by Gasteiger charge is 2.42. The maximum atomic E-state index is 8.92. The SMILES string of the molecule is [C-]#[N+]c1cnc2ccc(C=NC3(C#N)CC3)nn12. The van der Waals surface area contributed by atoms with Crippen molar-refractivity contribution in [2.24, 2.45) is 4.99 Å². The van der Waals surface area contributed by atoms with Crippen molar-refractivity contribution in [3.05, 3.63) is 35.4 Å². The average molecular weight is 236 g/mol. The molecule has 86 valence electrons. The molecule has 1 fully saturated rings. The molecule has 0 amide bonds. The van der Waals surface area contributed by atoms with Crippen molar-refractivity contribution in [2.45, 2.75) is 18.4 Å². The summed E-state index contributed by atoms with van der Waals surface area (Å²) in [5, 5.41) is 13.2. The fourth-order valence-electron chi connectivity index (χ4n) is 1.60. The molecule has 0 N–H and O–H groups in total. The number of nitriles is 1. The van der Waals surface area contributed by atoms with E-state index in [-0.39, 0.29) is 0 Å². The first kappa shape index (κ1) is 10.4. The Morgan fingerprint density at radius 1 is 1.56 bits per heavy atom. The predicted molar refractivity (Wildman–Crippen MR) is 64.4 cm³/mol. The zero-order chi connectivity index (χ0) is 12.6. The van der Waals surface area contributed by atoms with Crippen molar-refractivity contribution < 1.29 is 0 Å². The van der Waals surface area contributed by atoms with Crippen molar-refractivity contribution in [2.75, 3.05) is 0 Å². The summed E-state index contributed by atoms with van der Waals surface area (Å²) < 4.78 is 1.47. The van der Waals surface area contributed by atoms with E-state index in [0.717, 1.165) is 12.8 Å². The van der Waals surface area contributed by atoms with E-state index in [1.807, 2.05) is 0 Å². The molecule has 2 aromatic heterocycles. The summed E-state index contributed by atoms with van der Waals surface area (Å²) >= 11 is 0. The van der Waals surface area contributed by atoms with Crippen molar-refractivity contribution in [1.29, 1.82) is 5.26 Å². The van der Waals surface area contributed by atoms with Gasteiger partial charge in [0.15, 0.2) is 0 Å². The molecule has 6 heteroatoms. The molecule has 0 atom stereocenters. The van der Waals surface area contributed by atoms with Gasteiger partial charge in [-0.25, -0.2) is 4.98 Å². The first-order valence-electron chi connectivity index (χ1n) is 5.45. The molecule has 0 aliphatic heterocycles. The van der Waals surface area contributed by atoms with Crippen LogP contribution >= 0.6 is 0 Å². The van der Waals surface area contributed by atoms with Gasteiger partial charge in [-0.2, -0.15) is 5.26 Å². The normalized spacial score (nSPS) is 16.6. The number of rotatable bonds is 2. The third kappa shape index (κ3) is 1.61. The standard InChI is InChI=1S/C12H8N6/c1-14-11-7-15-10-3-2-9(17-18(10)11)6-16-12(8-13)4-5-12/h2-3,6-7H,4-5H2. The second-order valence-electron chi connectivity index (χ2n) is 4.16. The van der Waals surface area contributed by atoms with Gasteiger partial charge in [0.05, 0.1) is 18.5 Å². The fraction of sp³-hybridized carbons (Fsp3) is 0.250. The van der Waals surface area contributed by atoms with E-state index < -0.39 is 5.54 Å². The van der Waals surface area contributed by atoms with Gasteiger partial charge in [0.2, 0.25) is 5.65 Å². The van der Waals surface area contributed by atoms with E-state index >= 15 is 0 Å². The molecule has 0 bridgehead atoms. The van der Waals surface area contributed by atoms with Crippen LogP contribution in [0.5, 0.6) is 0 Å². The highest BCUT2D eigenvalue weighted by molar-refractivity contribution is 5.78. The van der Waals surface area contributed by atoms with Crippen molar-refractivity contribution >= 4 is 17.7 Å². The Hall–Kier alpha value is -2.73. The van der Waals surface area contributed by atoms with Gasteiger partial charge < -0.3 is 4.85 Å². The second kappa shape index (κ2) is 3.64. The van der Waals surface area contributed by atoms with Crippen LogP contribution in [0.15, 0.2) is 23.3 Å². The number of nitrogens with zero attached hydrogens (tertiary/aromatic N) is 6. The van der Waals surface area contributed by atoms with Gasteiger partial charge in [0.25, 0.3) is 5.82 Å². The molecule has 0 unspecified atom stereocenters. The molecular formula is C12H8N6. The van der Waals surface area contributed by atoms with E-state index in [1.54, 1.807) is 18.3 Å². The lowest BCUT2D eigenvalue weighted by Gasteiger charge is -1.96. The molecule has 0 aromatic carbocycles. The van der Waals surface area contributed by atoms with Crippen LogP contribution in [0, 0.1) is 17.9 Å². The minimum Gasteiger partial charge on any atom is -0.360 e. The first-order chi connectivity index (χ1) is 8.76. The molecule has 3 rings (SSSR count). The van der Waals surface area contributed by atoms with Gasteiger partial charge in [0, 0.05) is 6.07 Å².